The van der Waals surface area contributed by atoms with E-state index in [0.717, 1.165) is 24.1 Å². The van der Waals surface area contributed by atoms with Gasteiger partial charge in [0.25, 0.3) is 0 Å². The van der Waals surface area contributed by atoms with Crippen molar-refractivity contribution in [3.63, 3.8) is 0 Å². The molecule has 0 aromatic heterocycles. The molecular formula is C21H23N3O4. The van der Waals surface area contributed by atoms with Crippen LogP contribution in [0, 0.1) is 5.92 Å². The van der Waals surface area contributed by atoms with Crippen molar-refractivity contribution in [3.8, 4) is 0 Å². The standard InChI is InChI=1S/C21H23N3O4/c1-24(20(26)14-4-5-14)17-10-2-13(3-11-17)12-18(22)19(25)23-16-8-6-15(7-9-16)21(27)28/h2-3,6-11,14,18H,4-5,12,22H2,1H3,(H,23,25)(H,27,28)/t18-/m0/s1. The Morgan fingerprint density at radius 2 is 1.71 bits per heavy atom. The number of hydrogen-bond donors (Lipinski definition) is 3. The second kappa shape index (κ2) is 8.22. The van der Waals surface area contributed by atoms with Crippen LogP contribution in [0.25, 0.3) is 0 Å². The summed E-state index contributed by atoms with van der Waals surface area (Å²) in [6.07, 6.45) is 2.27. The molecular weight excluding hydrogens is 358 g/mol. The molecule has 0 unspecified atom stereocenters. The zero-order chi connectivity index (χ0) is 20.3. The summed E-state index contributed by atoms with van der Waals surface area (Å²) in [4.78, 5) is 36.9. The molecule has 146 valence electrons. The van der Waals surface area contributed by atoms with E-state index in [2.05, 4.69) is 5.32 Å². The van der Waals surface area contributed by atoms with E-state index >= 15 is 0 Å². The molecule has 1 aliphatic carbocycles. The first kappa shape index (κ1) is 19.6. The maximum absolute atomic E-state index is 12.3. The maximum atomic E-state index is 12.3. The summed E-state index contributed by atoms with van der Waals surface area (Å²) >= 11 is 0. The molecule has 0 bridgehead atoms. The monoisotopic (exact) mass is 381 g/mol. The number of nitrogens with zero attached hydrogens (tertiary/aromatic N) is 1. The molecule has 0 spiro atoms. The molecule has 1 atom stereocenters. The summed E-state index contributed by atoms with van der Waals surface area (Å²) in [5.41, 5.74) is 8.34. The van der Waals surface area contributed by atoms with Crippen LogP contribution in [0.3, 0.4) is 0 Å². The minimum Gasteiger partial charge on any atom is -0.478 e. The zero-order valence-corrected chi connectivity index (χ0v) is 15.6. The van der Waals surface area contributed by atoms with Crippen LogP contribution in [0.1, 0.15) is 28.8 Å². The zero-order valence-electron chi connectivity index (χ0n) is 15.6. The van der Waals surface area contributed by atoms with Crippen molar-refractivity contribution in [1.82, 2.24) is 0 Å². The number of carboxylic acids is 1. The van der Waals surface area contributed by atoms with Gasteiger partial charge in [0.15, 0.2) is 0 Å². The highest BCUT2D eigenvalue weighted by Crippen LogP contribution is 2.32. The molecule has 7 heteroatoms. The lowest BCUT2D eigenvalue weighted by Crippen LogP contribution is -2.37. The maximum Gasteiger partial charge on any atom is 0.335 e. The minimum atomic E-state index is -1.03. The number of carbonyl (C=O) groups excluding carboxylic acids is 2. The van der Waals surface area contributed by atoms with E-state index in [1.54, 1.807) is 11.9 Å². The van der Waals surface area contributed by atoms with Crippen LogP contribution in [-0.2, 0) is 16.0 Å². The molecule has 1 aliphatic rings. The third-order valence-electron chi connectivity index (χ3n) is 4.77. The van der Waals surface area contributed by atoms with E-state index in [4.69, 9.17) is 10.8 Å². The molecule has 0 saturated heterocycles. The first-order valence-corrected chi connectivity index (χ1v) is 9.11. The van der Waals surface area contributed by atoms with Gasteiger partial charge in [0.2, 0.25) is 11.8 Å². The quantitative estimate of drug-likeness (QED) is 0.681. The number of anilines is 2. The number of amides is 2. The number of hydrogen-bond acceptors (Lipinski definition) is 4. The Morgan fingerprint density at radius 1 is 1.11 bits per heavy atom. The highest BCUT2D eigenvalue weighted by molar-refractivity contribution is 5.96. The Labute approximate surface area is 163 Å². The molecule has 2 aromatic rings. The van der Waals surface area contributed by atoms with Gasteiger partial charge in [-0.2, -0.15) is 0 Å². The fraction of sp³-hybridized carbons (Fsp3) is 0.286. The Hall–Kier alpha value is -3.19. The Bertz CT molecular complexity index is 874. The van der Waals surface area contributed by atoms with Crippen LogP contribution >= 0.6 is 0 Å². The van der Waals surface area contributed by atoms with Crippen molar-refractivity contribution >= 4 is 29.2 Å². The van der Waals surface area contributed by atoms with E-state index < -0.39 is 12.0 Å². The summed E-state index contributed by atoms with van der Waals surface area (Å²) in [5.74, 6) is -1.08. The number of nitrogens with two attached hydrogens (primary N) is 1. The minimum absolute atomic E-state index is 0.137. The van der Waals surface area contributed by atoms with E-state index in [0.29, 0.717) is 12.1 Å². The molecule has 1 fully saturated rings. The van der Waals surface area contributed by atoms with E-state index in [9.17, 15) is 14.4 Å². The average molecular weight is 381 g/mol. The van der Waals surface area contributed by atoms with Crippen molar-refractivity contribution in [2.75, 3.05) is 17.3 Å². The van der Waals surface area contributed by atoms with Crippen LogP contribution in [0.2, 0.25) is 0 Å². The van der Waals surface area contributed by atoms with Gasteiger partial charge >= 0.3 is 5.97 Å². The largest absolute Gasteiger partial charge is 0.478 e. The smallest absolute Gasteiger partial charge is 0.335 e. The summed E-state index contributed by atoms with van der Waals surface area (Å²) in [7, 11) is 1.77. The van der Waals surface area contributed by atoms with Gasteiger partial charge in [-0.3, -0.25) is 9.59 Å². The van der Waals surface area contributed by atoms with Crippen LogP contribution in [0.5, 0.6) is 0 Å². The van der Waals surface area contributed by atoms with Crippen molar-refractivity contribution in [1.29, 1.82) is 0 Å². The van der Waals surface area contributed by atoms with Crippen LogP contribution in [-0.4, -0.2) is 36.0 Å². The molecule has 3 rings (SSSR count). The Morgan fingerprint density at radius 3 is 2.25 bits per heavy atom. The fourth-order valence-electron chi connectivity index (χ4n) is 2.86. The van der Waals surface area contributed by atoms with Gasteiger partial charge in [0, 0.05) is 24.3 Å². The lowest BCUT2D eigenvalue weighted by molar-refractivity contribution is -0.119. The summed E-state index contributed by atoms with van der Waals surface area (Å²) < 4.78 is 0. The first-order valence-electron chi connectivity index (χ1n) is 9.11. The number of aromatic carboxylic acids is 1. The number of rotatable bonds is 7. The third-order valence-corrected chi connectivity index (χ3v) is 4.77. The summed E-state index contributed by atoms with van der Waals surface area (Å²) in [6, 6.07) is 12.6. The van der Waals surface area contributed by atoms with Crippen LogP contribution in [0.15, 0.2) is 48.5 Å². The van der Waals surface area contributed by atoms with Gasteiger partial charge in [-0.1, -0.05) is 12.1 Å². The predicted octanol–water partition coefficient (Wildman–Crippen LogP) is 2.27. The molecule has 1 saturated carbocycles. The van der Waals surface area contributed by atoms with Gasteiger partial charge in [-0.25, -0.2) is 4.79 Å². The predicted molar refractivity (Wildman–Crippen MR) is 106 cm³/mol. The average Bonchev–Trinajstić information content (AvgIpc) is 3.53. The van der Waals surface area contributed by atoms with E-state index in [1.807, 2.05) is 24.3 Å². The Balaban J connectivity index is 1.55. The normalized spacial score (nSPS) is 14.2. The van der Waals surface area contributed by atoms with Gasteiger partial charge in [-0.15, -0.1) is 0 Å². The van der Waals surface area contributed by atoms with Crippen molar-refractivity contribution < 1.29 is 19.5 Å². The van der Waals surface area contributed by atoms with Crippen molar-refractivity contribution in [3.05, 3.63) is 59.7 Å². The lowest BCUT2D eigenvalue weighted by atomic mass is 10.0. The fourth-order valence-corrected chi connectivity index (χ4v) is 2.86. The molecule has 2 amide bonds. The molecule has 0 heterocycles. The van der Waals surface area contributed by atoms with Crippen LogP contribution < -0.4 is 16.0 Å². The number of carboxylic acid groups (broad SMARTS) is 1. The van der Waals surface area contributed by atoms with E-state index in [-0.39, 0.29) is 23.3 Å². The Kier molecular flexibility index (Phi) is 5.75. The van der Waals surface area contributed by atoms with Gasteiger partial charge in [0.1, 0.15) is 0 Å². The molecule has 0 aliphatic heterocycles. The second-order valence-electron chi connectivity index (χ2n) is 7.02. The highest BCUT2D eigenvalue weighted by atomic mass is 16.4. The lowest BCUT2D eigenvalue weighted by Gasteiger charge is -2.18. The topological polar surface area (TPSA) is 113 Å². The van der Waals surface area contributed by atoms with E-state index in [1.165, 1.54) is 24.3 Å². The summed E-state index contributed by atoms with van der Waals surface area (Å²) in [5, 5.41) is 11.6. The number of benzene rings is 2. The number of carbonyl (C=O) groups is 3. The highest BCUT2D eigenvalue weighted by Gasteiger charge is 2.32. The molecule has 28 heavy (non-hydrogen) atoms. The van der Waals surface area contributed by atoms with Gasteiger partial charge < -0.3 is 21.1 Å². The summed E-state index contributed by atoms with van der Waals surface area (Å²) in [6.45, 7) is 0. The molecule has 0 radical (unpaired) electrons. The first-order chi connectivity index (χ1) is 13.3. The SMILES string of the molecule is CN(C(=O)C1CC1)c1ccc(C[C@H](N)C(=O)Nc2ccc(C(=O)O)cc2)cc1. The second-order valence-corrected chi connectivity index (χ2v) is 7.02. The number of nitrogens with one attached hydrogen (secondary N) is 1. The molecule has 7 nitrogen and oxygen atoms in total. The van der Waals surface area contributed by atoms with Crippen molar-refractivity contribution in [2.24, 2.45) is 11.7 Å². The molecule has 2 aromatic carbocycles. The third kappa shape index (κ3) is 4.75. The molecule has 4 N–H and O–H groups in total. The van der Waals surface area contributed by atoms with Crippen molar-refractivity contribution in [2.45, 2.75) is 25.3 Å². The van der Waals surface area contributed by atoms with Crippen LogP contribution in [0.4, 0.5) is 11.4 Å². The van der Waals surface area contributed by atoms with Gasteiger partial charge in [-0.05, 0) is 61.2 Å². The van der Waals surface area contributed by atoms with Gasteiger partial charge in [0.05, 0.1) is 11.6 Å².